The average molecular weight is 361 g/mol. The van der Waals surface area contributed by atoms with Crippen LogP contribution in [0.15, 0.2) is 65.5 Å². The lowest BCUT2D eigenvalue weighted by molar-refractivity contribution is -0.136. The number of carbonyl (C=O) groups excluding carboxylic acids is 1. The van der Waals surface area contributed by atoms with Crippen molar-refractivity contribution in [2.75, 3.05) is 10.6 Å². The molecule has 2 heterocycles. The molecule has 0 aliphatic carbocycles. The van der Waals surface area contributed by atoms with Crippen molar-refractivity contribution in [2.24, 2.45) is 0 Å². The van der Waals surface area contributed by atoms with Gasteiger partial charge in [0.2, 0.25) is 0 Å². The highest BCUT2D eigenvalue weighted by molar-refractivity contribution is 6.05. The molecule has 26 heavy (non-hydrogen) atoms. The number of alkyl halides is 3. The van der Waals surface area contributed by atoms with E-state index in [2.05, 4.69) is 15.6 Å². The van der Waals surface area contributed by atoms with Gasteiger partial charge in [0.1, 0.15) is 5.76 Å². The van der Waals surface area contributed by atoms with Gasteiger partial charge in [-0.1, -0.05) is 12.1 Å². The first kappa shape index (κ1) is 17.5. The van der Waals surface area contributed by atoms with Gasteiger partial charge in [0.05, 0.1) is 35.3 Å². The number of halogens is 3. The van der Waals surface area contributed by atoms with Crippen molar-refractivity contribution in [2.45, 2.75) is 12.7 Å². The fourth-order valence-electron chi connectivity index (χ4n) is 2.30. The number of benzene rings is 1. The molecule has 0 aliphatic rings. The van der Waals surface area contributed by atoms with Crippen molar-refractivity contribution in [3.05, 3.63) is 78.0 Å². The highest BCUT2D eigenvalue weighted by Crippen LogP contribution is 2.34. The van der Waals surface area contributed by atoms with Crippen LogP contribution in [0, 0.1) is 0 Å². The lowest BCUT2D eigenvalue weighted by atomic mass is 10.1. The van der Waals surface area contributed by atoms with Gasteiger partial charge < -0.3 is 15.1 Å². The molecule has 0 saturated carbocycles. The Hall–Kier alpha value is -3.29. The molecule has 0 unspecified atom stereocenters. The van der Waals surface area contributed by atoms with Crippen LogP contribution in [0.3, 0.4) is 0 Å². The molecule has 5 nitrogen and oxygen atoms in total. The van der Waals surface area contributed by atoms with Gasteiger partial charge in [0.25, 0.3) is 5.91 Å². The number of nitrogens with zero attached hydrogens (tertiary/aromatic N) is 1. The number of pyridine rings is 1. The summed E-state index contributed by atoms with van der Waals surface area (Å²) in [5, 5.41) is 5.31. The van der Waals surface area contributed by atoms with E-state index in [0.717, 1.165) is 6.07 Å². The fourth-order valence-corrected chi connectivity index (χ4v) is 2.30. The van der Waals surface area contributed by atoms with Gasteiger partial charge in [-0.3, -0.25) is 9.78 Å². The molecular formula is C18H14F3N3O2. The van der Waals surface area contributed by atoms with E-state index < -0.39 is 17.6 Å². The Balaban J connectivity index is 1.74. The molecule has 0 aliphatic heterocycles. The van der Waals surface area contributed by atoms with Crippen molar-refractivity contribution in [1.82, 2.24) is 4.98 Å². The summed E-state index contributed by atoms with van der Waals surface area (Å²) >= 11 is 0. The van der Waals surface area contributed by atoms with Crippen molar-refractivity contribution in [3.63, 3.8) is 0 Å². The summed E-state index contributed by atoms with van der Waals surface area (Å²) in [7, 11) is 0. The van der Waals surface area contributed by atoms with E-state index in [-0.39, 0.29) is 11.3 Å². The summed E-state index contributed by atoms with van der Waals surface area (Å²) in [4.78, 5) is 16.3. The number of amides is 1. The second kappa shape index (κ2) is 7.30. The molecule has 3 rings (SSSR count). The number of carbonyl (C=O) groups is 1. The van der Waals surface area contributed by atoms with Gasteiger partial charge in [-0.2, -0.15) is 13.2 Å². The zero-order valence-electron chi connectivity index (χ0n) is 13.4. The molecule has 1 amide bonds. The fraction of sp³-hybridized carbons (Fsp3) is 0.111. The molecule has 1 aromatic carbocycles. The SMILES string of the molecule is O=C(Nc1ccccc1C(F)(F)F)c1cncc(NCc2ccco2)c1. The number of para-hydroxylation sites is 1. The van der Waals surface area contributed by atoms with Crippen molar-refractivity contribution < 1.29 is 22.4 Å². The third-order valence-corrected chi connectivity index (χ3v) is 3.53. The second-order valence-electron chi connectivity index (χ2n) is 5.39. The number of furan rings is 1. The second-order valence-corrected chi connectivity index (χ2v) is 5.39. The Kier molecular flexibility index (Phi) is 4.92. The Morgan fingerprint density at radius 1 is 1.12 bits per heavy atom. The predicted molar refractivity (Wildman–Crippen MR) is 89.7 cm³/mol. The Morgan fingerprint density at radius 2 is 1.92 bits per heavy atom. The molecule has 3 aromatic rings. The van der Waals surface area contributed by atoms with Gasteiger partial charge in [-0.25, -0.2) is 0 Å². The molecule has 0 atom stereocenters. The minimum absolute atomic E-state index is 0.131. The maximum Gasteiger partial charge on any atom is 0.418 e. The lowest BCUT2D eigenvalue weighted by Crippen LogP contribution is -2.17. The molecule has 8 heteroatoms. The minimum atomic E-state index is -4.56. The molecule has 134 valence electrons. The van der Waals surface area contributed by atoms with Crippen LogP contribution in [-0.4, -0.2) is 10.9 Å². The van der Waals surface area contributed by atoms with Crippen LogP contribution in [0.2, 0.25) is 0 Å². The summed E-state index contributed by atoms with van der Waals surface area (Å²) in [5.74, 6) is 0.00908. The minimum Gasteiger partial charge on any atom is -0.467 e. The molecule has 0 fully saturated rings. The lowest BCUT2D eigenvalue weighted by Gasteiger charge is -2.13. The van der Waals surface area contributed by atoms with Gasteiger partial charge in [0.15, 0.2) is 0 Å². The van der Waals surface area contributed by atoms with E-state index >= 15 is 0 Å². The smallest absolute Gasteiger partial charge is 0.418 e. The highest BCUT2D eigenvalue weighted by Gasteiger charge is 2.33. The summed E-state index contributed by atoms with van der Waals surface area (Å²) in [6, 6.07) is 9.83. The van der Waals surface area contributed by atoms with E-state index in [4.69, 9.17) is 4.42 Å². The van der Waals surface area contributed by atoms with Crippen molar-refractivity contribution in [3.8, 4) is 0 Å². The molecule has 2 N–H and O–H groups in total. The van der Waals surface area contributed by atoms with Gasteiger partial charge in [-0.05, 0) is 30.3 Å². The first-order valence-electron chi connectivity index (χ1n) is 7.62. The maximum absolute atomic E-state index is 13.0. The van der Waals surface area contributed by atoms with E-state index in [1.54, 1.807) is 12.1 Å². The normalized spacial score (nSPS) is 11.2. The van der Waals surface area contributed by atoms with E-state index in [1.807, 2.05) is 0 Å². The third-order valence-electron chi connectivity index (χ3n) is 3.53. The highest BCUT2D eigenvalue weighted by atomic mass is 19.4. The van der Waals surface area contributed by atoms with Crippen LogP contribution < -0.4 is 10.6 Å². The zero-order valence-corrected chi connectivity index (χ0v) is 13.4. The summed E-state index contributed by atoms with van der Waals surface area (Å²) in [5.41, 5.74) is -0.545. The summed E-state index contributed by atoms with van der Waals surface area (Å²) < 4.78 is 44.2. The number of anilines is 2. The Morgan fingerprint density at radius 3 is 2.65 bits per heavy atom. The number of hydrogen-bond donors (Lipinski definition) is 2. The predicted octanol–water partition coefficient (Wildman–Crippen LogP) is 4.56. The number of rotatable bonds is 5. The topological polar surface area (TPSA) is 67.2 Å². The third kappa shape index (κ3) is 4.21. The van der Waals surface area contributed by atoms with Crippen LogP contribution >= 0.6 is 0 Å². The monoisotopic (exact) mass is 361 g/mol. The molecule has 2 aromatic heterocycles. The van der Waals surface area contributed by atoms with Crippen LogP contribution in [0.5, 0.6) is 0 Å². The molecule has 0 spiro atoms. The van der Waals surface area contributed by atoms with Crippen molar-refractivity contribution >= 4 is 17.3 Å². The Labute approximate surface area is 146 Å². The standard InChI is InChI=1S/C18H14F3N3O2/c19-18(20,21)15-5-1-2-6-16(15)24-17(25)12-8-13(10-22-9-12)23-11-14-4-3-7-26-14/h1-10,23H,11H2,(H,24,25). The van der Waals surface area contributed by atoms with Gasteiger partial charge in [-0.15, -0.1) is 0 Å². The quantitative estimate of drug-likeness (QED) is 0.699. The van der Waals surface area contributed by atoms with Gasteiger partial charge in [0, 0.05) is 12.4 Å². The summed E-state index contributed by atoms with van der Waals surface area (Å²) in [6.45, 7) is 0.386. The zero-order chi connectivity index (χ0) is 18.6. The number of nitrogens with one attached hydrogen (secondary N) is 2. The van der Waals surface area contributed by atoms with Gasteiger partial charge >= 0.3 is 6.18 Å². The van der Waals surface area contributed by atoms with Crippen LogP contribution in [0.25, 0.3) is 0 Å². The van der Waals surface area contributed by atoms with E-state index in [0.29, 0.717) is 18.0 Å². The van der Waals surface area contributed by atoms with E-state index in [9.17, 15) is 18.0 Å². The van der Waals surface area contributed by atoms with E-state index in [1.165, 1.54) is 42.9 Å². The largest absolute Gasteiger partial charge is 0.467 e. The summed E-state index contributed by atoms with van der Waals surface area (Å²) in [6.07, 6.45) is -0.237. The first-order chi connectivity index (χ1) is 12.4. The molecular weight excluding hydrogens is 347 g/mol. The maximum atomic E-state index is 13.0. The number of hydrogen-bond acceptors (Lipinski definition) is 4. The first-order valence-corrected chi connectivity index (χ1v) is 7.62. The molecule has 0 saturated heterocycles. The average Bonchev–Trinajstić information content (AvgIpc) is 3.13. The molecule has 0 radical (unpaired) electrons. The van der Waals surface area contributed by atoms with Crippen LogP contribution in [0.4, 0.5) is 24.5 Å². The van der Waals surface area contributed by atoms with Crippen LogP contribution in [-0.2, 0) is 12.7 Å². The Bertz CT molecular complexity index is 893. The number of aromatic nitrogens is 1. The van der Waals surface area contributed by atoms with Crippen LogP contribution in [0.1, 0.15) is 21.7 Å². The molecule has 0 bridgehead atoms. The van der Waals surface area contributed by atoms with Crippen molar-refractivity contribution in [1.29, 1.82) is 0 Å².